The van der Waals surface area contributed by atoms with Gasteiger partial charge in [0.05, 0.1) is 0 Å². The van der Waals surface area contributed by atoms with E-state index in [0.717, 1.165) is 18.7 Å². The average molecular weight is 179 g/mol. The molecule has 0 rings (SSSR count). The summed E-state index contributed by atoms with van der Waals surface area (Å²) in [4.78, 5) is 0. The smallest absolute Gasteiger partial charge is 0.0456 e. The highest BCUT2D eigenvalue weighted by atomic mass is 35.5. The molecule has 0 aromatic rings. The monoisotopic (exact) mass is 178 g/mol. The van der Waals surface area contributed by atoms with Gasteiger partial charge in [-0.15, -0.1) is 11.6 Å². The molecule has 0 aliphatic heterocycles. The molecule has 2 heteroatoms. The van der Waals surface area contributed by atoms with E-state index in [-0.39, 0.29) is 0 Å². The van der Waals surface area contributed by atoms with Gasteiger partial charge in [0.1, 0.15) is 0 Å². The van der Waals surface area contributed by atoms with Crippen molar-refractivity contribution in [3.05, 3.63) is 0 Å². The quantitative estimate of drug-likeness (QED) is 0.621. The van der Waals surface area contributed by atoms with Crippen LogP contribution in [-0.2, 0) is 0 Å². The highest BCUT2D eigenvalue weighted by Crippen LogP contribution is 2.16. The minimum Gasteiger partial charge on any atom is -0.396 e. The van der Waals surface area contributed by atoms with Crippen LogP contribution in [0.4, 0.5) is 0 Å². The van der Waals surface area contributed by atoms with Crippen LogP contribution >= 0.6 is 11.6 Å². The zero-order chi connectivity index (χ0) is 8.69. The number of aliphatic hydroxyl groups excluding tert-OH is 1. The first kappa shape index (κ1) is 11.2. The third kappa shape index (κ3) is 6.64. The molecule has 1 N–H and O–H groups in total. The van der Waals surface area contributed by atoms with Gasteiger partial charge in [0.15, 0.2) is 0 Å². The van der Waals surface area contributed by atoms with Gasteiger partial charge >= 0.3 is 0 Å². The SMILES string of the molecule is CC(CO)CC(C)CCCCl. The topological polar surface area (TPSA) is 20.2 Å². The van der Waals surface area contributed by atoms with E-state index in [1.54, 1.807) is 0 Å². The fourth-order valence-electron chi connectivity index (χ4n) is 1.30. The standard InChI is InChI=1S/C9H19ClO/c1-8(4-3-5-10)6-9(2)7-11/h8-9,11H,3-7H2,1-2H3. The van der Waals surface area contributed by atoms with Crippen molar-refractivity contribution in [1.29, 1.82) is 0 Å². The molecule has 1 nitrogen and oxygen atoms in total. The molecule has 0 radical (unpaired) electrons. The van der Waals surface area contributed by atoms with E-state index in [2.05, 4.69) is 13.8 Å². The van der Waals surface area contributed by atoms with Gasteiger partial charge in [-0.2, -0.15) is 0 Å². The Hall–Kier alpha value is 0.250. The van der Waals surface area contributed by atoms with Crippen LogP contribution in [-0.4, -0.2) is 17.6 Å². The number of halogens is 1. The third-order valence-corrected chi connectivity index (χ3v) is 2.21. The lowest BCUT2D eigenvalue weighted by molar-refractivity contribution is 0.213. The van der Waals surface area contributed by atoms with Crippen LogP contribution in [0, 0.1) is 11.8 Å². The summed E-state index contributed by atoms with van der Waals surface area (Å²) in [6.45, 7) is 4.61. The van der Waals surface area contributed by atoms with E-state index < -0.39 is 0 Å². The maximum Gasteiger partial charge on any atom is 0.0456 e. The minimum atomic E-state index is 0.311. The van der Waals surface area contributed by atoms with Crippen molar-refractivity contribution in [1.82, 2.24) is 0 Å². The molecule has 68 valence electrons. The Labute approximate surface area is 74.8 Å². The molecule has 0 saturated heterocycles. The number of aliphatic hydroxyl groups is 1. The molecule has 0 saturated carbocycles. The molecule has 0 bridgehead atoms. The Morgan fingerprint density at radius 2 is 1.91 bits per heavy atom. The van der Waals surface area contributed by atoms with Crippen LogP contribution in [0.2, 0.25) is 0 Å². The lowest BCUT2D eigenvalue weighted by Gasteiger charge is -2.14. The normalized spacial score (nSPS) is 16.4. The summed E-state index contributed by atoms with van der Waals surface area (Å²) >= 11 is 5.57. The van der Waals surface area contributed by atoms with Crippen molar-refractivity contribution in [2.45, 2.75) is 33.1 Å². The van der Waals surface area contributed by atoms with Gasteiger partial charge in [-0.3, -0.25) is 0 Å². The fourth-order valence-corrected chi connectivity index (χ4v) is 1.46. The number of hydrogen-bond donors (Lipinski definition) is 1. The summed E-state index contributed by atoms with van der Waals surface area (Å²) in [5.41, 5.74) is 0. The van der Waals surface area contributed by atoms with Crippen LogP contribution < -0.4 is 0 Å². The number of alkyl halides is 1. The van der Waals surface area contributed by atoms with Gasteiger partial charge in [0.2, 0.25) is 0 Å². The predicted octanol–water partition coefficient (Wildman–Crippen LogP) is 2.66. The Morgan fingerprint density at radius 3 is 2.36 bits per heavy atom. The molecule has 0 heterocycles. The van der Waals surface area contributed by atoms with Gasteiger partial charge in [0.25, 0.3) is 0 Å². The van der Waals surface area contributed by atoms with E-state index in [1.807, 2.05) is 0 Å². The van der Waals surface area contributed by atoms with Crippen LogP contribution in [0.15, 0.2) is 0 Å². The van der Waals surface area contributed by atoms with Gasteiger partial charge in [-0.1, -0.05) is 13.8 Å². The maximum atomic E-state index is 8.78. The molecule has 2 unspecified atom stereocenters. The largest absolute Gasteiger partial charge is 0.396 e. The van der Waals surface area contributed by atoms with Crippen molar-refractivity contribution in [3.8, 4) is 0 Å². The maximum absolute atomic E-state index is 8.78. The molecule has 0 aromatic carbocycles. The highest BCUT2D eigenvalue weighted by Gasteiger charge is 2.06. The molecular weight excluding hydrogens is 160 g/mol. The van der Waals surface area contributed by atoms with Crippen LogP contribution in [0.25, 0.3) is 0 Å². The van der Waals surface area contributed by atoms with Crippen LogP contribution in [0.1, 0.15) is 33.1 Å². The Balaban J connectivity index is 3.27. The first-order chi connectivity index (χ1) is 5.20. The summed E-state index contributed by atoms with van der Waals surface area (Å²) in [7, 11) is 0. The predicted molar refractivity (Wildman–Crippen MR) is 50.0 cm³/mol. The van der Waals surface area contributed by atoms with Gasteiger partial charge < -0.3 is 5.11 Å². The van der Waals surface area contributed by atoms with Crippen molar-refractivity contribution < 1.29 is 5.11 Å². The van der Waals surface area contributed by atoms with Crippen LogP contribution in [0.3, 0.4) is 0 Å². The lowest BCUT2D eigenvalue weighted by atomic mass is 9.94. The second kappa shape index (κ2) is 6.93. The van der Waals surface area contributed by atoms with E-state index in [1.165, 1.54) is 6.42 Å². The second-order valence-corrected chi connectivity index (χ2v) is 3.84. The summed E-state index contributed by atoms with van der Waals surface area (Å²) in [6.07, 6.45) is 3.40. The molecule has 11 heavy (non-hydrogen) atoms. The highest BCUT2D eigenvalue weighted by molar-refractivity contribution is 6.17. The van der Waals surface area contributed by atoms with E-state index in [9.17, 15) is 0 Å². The molecule has 0 fully saturated rings. The van der Waals surface area contributed by atoms with E-state index >= 15 is 0 Å². The Bertz CT molecular complexity index is 85.6. The van der Waals surface area contributed by atoms with Crippen molar-refractivity contribution in [2.75, 3.05) is 12.5 Å². The molecule has 0 aliphatic carbocycles. The Morgan fingerprint density at radius 1 is 1.27 bits per heavy atom. The summed E-state index contributed by atoms with van der Waals surface area (Å²) in [5, 5.41) is 8.78. The van der Waals surface area contributed by atoms with Gasteiger partial charge in [0, 0.05) is 12.5 Å². The Kier molecular flexibility index (Phi) is 7.09. The summed E-state index contributed by atoms with van der Waals surface area (Å²) in [5.74, 6) is 1.91. The molecule has 0 amide bonds. The number of rotatable bonds is 6. The molecule has 0 aromatic heterocycles. The summed E-state index contributed by atoms with van der Waals surface area (Å²) in [6, 6.07) is 0. The summed E-state index contributed by atoms with van der Waals surface area (Å²) < 4.78 is 0. The van der Waals surface area contributed by atoms with E-state index in [0.29, 0.717) is 18.4 Å². The van der Waals surface area contributed by atoms with Gasteiger partial charge in [-0.25, -0.2) is 0 Å². The zero-order valence-electron chi connectivity index (χ0n) is 7.52. The molecule has 0 spiro atoms. The van der Waals surface area contributed by atoms with E-state index in [4.69, 9.17) is 16.7 Å². The minimum absolute atomic E-state index is 0.311. The average Bonchev–Trinajstić information content (AvgIpc) is 2.00. The molecule has 2 atom stereocenters. The lowest BCUT2D eigenvalue weighted by Crippen LogP contribution is -2.07. The van der Waals surface area contributed by atoms with Crippen LogP contribution in [0.5, 0.6) is 0 Å². The third-order valence-electron chi connectivity index (χ3n) is 1.95. The molecule has 0 aliphatic rings. The fraction of sp³-hybridized carbons (Fsp3) is 1.00. The van der Waals surface area contributed by atoms with Crippen molar-refractivity contribution in [3.63, 3.8) is 0 Å². The second-order valence-electron chi connectivity index (χ2n) is 3.46. The zero-order valence-corrected chi connectivity index (χ0v) is 8.27. The van der Waals surface area contributed by atoms with Gasteiger partial charge in [-0.05, 0) is 31.1 Å². The first-order valence-corrected chi connectivity index (χ1v) is 4.91. The van der Waals surface area contributed by atoms with Crippen molar-refractivity contribution >= 4 is 11.6 Å². The molecular formula is C9H19ClO. The van der Waals surface area contributed by atoms with Crippen molar-refractivity contribution in [2.24, 2.45) is 11.8 Å². The number of hydrogen-bond acceptors (Lipinski definition) is 1. The first-order valence-electron chi connectivity index (χ1n) is 4.37.